The monoisotopic (exact) mass is 271 g/mol. The van der Waals surface area contributed by atoms with Gasteiger partial charge >= 0.3 is 5.97 Å². The SMILES string of the molecule is O=C(O)[C@@H]1CSCN1C(=O)c1ccccc1Cl. The number of thioether (sulfide) groups is 1. The van der Waals surface area contributed by atoms with Crippen molar-refractivity contribution in [2.45, 2.75) is 6.04 Å². The highest BCUT2D eigenvalue weighted by molar-refractivity contribution is 7.99. The van der Waals surface area contributed by atoms with Crippen LogP contribution in [0.2, 0.25) is 5.02 Å². The quantitative estimate of drug-likeness (QED) is 0.893. The van der Waals surface area contributed by atoms with Gasteiger partial charge in [-0.25, -0.2) is 4.79 Å². The summed E-state index contributed by atoms with van der Waals surface area (Å²) in [4.78, 5) is 24.5. The Morgan fingerprint density at radius 3 is 2.76 bits per heavy atom. The van der Waals surface area contributed by atoms with Crippen molar-refractivity contribution >= 4 is 35.2 Å². The minimum absolute atomic E-state index is 0.326. The summed E-state index contributed by atoms with van der Waals surface area (Å²) >= 11 is 7.35. The summed E-state index contributed by atoms with van der Waals surface area (Å²) in [6.45, 7) is 0. The van der Waals surface area contributed by atoms with Crippen molar-refractivity contribution in [1.29, 1.82) is 0 Å². The van der Waals surface area contributed by atoms with Crippen molar-refractivity contribution in [3.63, 3.8) is 0 Å². The lowest BCUT2D eigenvalue weighted by Crippen LogP contribution is -2.41. The van der Waals surface area contributed by atoms with E-state index in [-0.39, 0.29) is 5.91 Å². The second-order valence-corrected chi connectivity index (χ2v) is 5.02. The van der Waals surface area contributed by atoms with Crippen molar-refractivity contribution in [2.24, 2.45) is 0 Å². The molecule has 1 amide bonds. The Kier molecular flexibility index (Phi) is 3.59. The molecule has 0 unspecified atom stereocenters. The Bertz CT molecular complexity index is 466. The lowest BCUT2D eigenvalue weighted by molar-refractivity contribution is -0.140. The van der Waals surface area contributed by atoms with Crippen LogP contribution in [0.25, 0.3) is 0 Å². The Hall–Kier alpha value is -1.20. The van der Waals surface area contributed by atoms with Crippen LogP contribution in [0.1, 0.15) is 10.4 Å². The Balaban J connectivity index is 2.26. The molecule has 17 heavy (non-hydrogen) atoms. The summed E-state index contributed by atoms with van der Waals surface area (Å²) < 4.78 is 0. The summed E-state index contributed by atoms with van der Waals surface area (Å²) in [5.74, 6) is -0.490. The number of carbonyl (C=O) groups is 2. The number of benzene rings is 1. The van der Waals surface area contributed by atoms with Gasteiger partial charge in [0.05, 0.1) is 16.5 Å². The van der Waals surface area contributed by atoms with E-state index < -0.39 is 12.0 Å². The van der Waals surface area contributed by atoms with Crippen LogP contribution < -0.4 is 0 Å². The molecule has 1 aliphatic rings. The van der Waals surface area contributed by atoms with Crippen LogP contribution in [0.4, 0.5) is 0 Å². The molecule has 1 fully saturated rings. The van der Waals surface area contributed by atoms with E-state index in [2.05, 4.69) is 0 Å². The molecule has 0 aromatic heterocycles. The molecule has 0 saturated carbocycles. The molecule has 1 aromatic carbocycles. The first-order chi connectivity index (χ1) is 8.11. The van der Waals surface area contributed by atoms with Crippen LogP contribution in [0.5, 0.6) is 0 Å². The summed E-state index contributed by atoms with van der Waals surface area (Å²) in [6, 6.07) is 5.90. The number of amides is 1. The van der Waals surface area contributed by atoms with Gasteiger partial charge in [0.2, 0.25) is 0 Å². The normalized spacial score (nSPS) is 19.4. The summed E-state index contributed by atoms with van der Waals surface area (Å²) in [7, 11) is 0. The van der Waals surface area contributed by atoms with Crippen molar-refractivity contribution in [1.82, 2.24) is 4.90 Å². The molecule has 6 heteroatoms. The van der Waals surface area contributed by atoms with Crippen LogP contribution in [0, 0.1) is 0 Å². The highest BCUT2D eigenvalue weighted by atomic mass is 35.5. The highest BCUT2D eigenvalue weighted by Crippen LogP contribution is 2.25. The second-order valence-electron chi connectivity index (χ2n) is 3.61. The molecule has 1 saturated heterocycles. The predicted molar refractivity (Wildman–Crippen MR) is 66.4 cm³/mol. The lowest BCUT2D eigenvalue weighted by atomic mass is 10.2. The maximum Gasteiger partial charge on any atom is 0.327 e. The fourth-order valence-corrected chi connectivity index (χ4v) is 3.00. The minimum Gasteiger partial charge on any atom is -0.480 e. The van der Waals surface area contributed by atoms with Crippen molar-refractivity contribution in [2.75, 3.05) is 11.6 Å². The molecule has 1 aromatic rings. The predicted octanol–water partition coefficient (Wildman–Crippen LogP) is 1.94. The number of carbonyl (C=O) groups excluding carboxylic acids is 1. The van der Waals surface area contributed by atoms with E-state index in [4.69, 9.17) is 16.7 Å². The molecule has 1 heterocycles. The first-order valence-corrected chi connectivity index (χ1v) is 6.50. The van der Waals surface area contributed by atoms with Gasteiger partial charge in [-0.2, -0.15) is 0 Å². The van der Waals surface area contributed by atoms with Gasteiger partial charge in [0.15, 0.2) is 0 Å². The zero-order chi connectivity index (χ0) is 12.4. The molecular weight excluding hydrogens is 262 g/mol. The first kappa shape index (κ1) is 12.3. The molecule has 0 spiro atoms. The standard InChI is InChI=1S/C11H10ClNO3S/c12-8-4-2-1-3-7(8)10(14)13-6-17-5-9(13)11(15)16/h1-4,9H,5-6H2,(H,15,16)/t9-/m0/s1. The molecule has 0 radical (unpaired) electrons. The molecule has 0 bridgehead atoms. The number of carboxylic acids is 1. The highest BCUT2D eigenvalue weighted by Gasteiger charge is 2.35. The van der Waals surface area contributed by atoms with Gasteiger partial charge in [-0.3, -0.25) is 4.79 Å². The van der Waals surface area contributed by atoms with E-state index in [1.807, 2.05) is 0 Å². The van der Waals surface area contributed by atoms with Crippen LogP contribution in [-0.2, 0) is 4.79 Å². The minimum atomic E-state index is -0.976. The molecule has 1 aliphatic heterocycles. The molecule has 1 atom stereocenters. The average molecular weight is 272 g/mol. The Labute approximate surface area is 108 Å². The van der Waals surface area contributed by atoms with Gasteiger partial charge in [-0.05, 0) is 12.1 Å². The van der Waals surface area contributed by atoms with Crippen LogP contribution in [0.15, 0.2) is 24.3 Å². The molecule has 90 valence electrons. The van der Waals surface area contributed by atoms with Crippen LogP contribution in [-0.4, -0.2) is 39.6 Å². The largest absolute Gasteiger partial charge is 0.480 e. The number of rotatable bonds is 2. The molecule has 0 aliphatic carbocycles. The number of hydrogen-bond acceptors (Lipinski definition) is 3. The summed E-state index contributed by atoms with van der Waals surface area (Å²) in [6.07, 6.45) is 0. The average Bonchev–Trinajstić information content (AvgIpc) is 2.77. The smallest absolute Gasteiger partial charge is 0.327 e. The number of aliphatic carboxylic acids is 1. The number of carboxylic acid groups (broad SMARTS) is 1. The third kappa shape index (κ3) is 2.40. The van der Waals surface area contributed by atoms with E-state index >= 15 is 0 Å². The van der Waals surface area contributed by atoms with Gasteiger partial charge in [0, 0.05) is 5.75 Å². The van der Waals surface area contributed by atoms with E-state index in [0.29, 0.717) is 22.2 Å². The zero-order valence-electron chi connectivity index (χ0n) is 8.80. The topological polar surface area (TPSA) is 57.6 Å². The lowest BCUT2D eigenvalue weighted by Gasteiger charge is -2.20. The summed E-state index contributed by atoms with van der Waals surface area (Å²) in [5, 5.41) is 9.35. The fraction of sp³-hybridized carbons (Fsp3) is 0.273. The van der Waals surface area contributed by atoms with Gasteiger partial charge < -0.3 is 10.0 Å². The van der Waals surface area contributed by atoms with Crippen LogP contribution in [0.3, 0.4) is 0 Å². The van der Waals surface area contributed by atoms with Gasteiger partial charge in [-0.15, -0.1) is 11.8 Å². The third-order valence-electron chi connectivity index (χ3n) is 2.53. The van der Waals surface area contributed by atoms with Crippen molar-refractivity contribution in [3.05, 3.63) is 34.9 Å². The maximum atomic E-state index is 12.1. The Morgan fingerprint density at radius 1 is 1.41 bits per heavy atom. The van der Waals surface area contributed by atoms with Crippen molar-refractivity contribution < 1.29 is 14.7 Å². The van der Waals surface area contributed by atoms with Gasteiger partial charge in [0.1, 0.15) is 6.04 Å². The Morgan fingerprint density at radius 2 is 2.12 bits per heavy atom. The molecule has 4 nitrogen and oxygen atoms in total. The van der Waals surface area contributed by atoms with Crippen LogP contribution >= 0.6 is 23.4 Å². The molecular formula is C11H10ClNO3S. The van der Waals surface area contributed by atoms with E-state index in [9.17, 15) is 9.59 Å². The van der Waals surface area contributed by atoms with Gasteiger partial charge in [0.25, 0.3) is 5.91 Å². The molecule has 2 rings (SSSR count). The third-order valence-corrected chi connectivity index (χ3v) is 3.87. The van der Waals surface area contributed by atoms with E-state index in [1.165, 1.54) is 16.7 Å². The van der Waals surface area contributed by atoms with Crippen molar-refractivity contribution in [3.8, 4) is 0 Å². The van der Waals surface area contributed by atoms with E-state index in [1.54, 1.807) is 24.3 Å². The first-order valence-electron chi connectivity index (χ1n) is 4.97. The van der Waals surface area contributed by atoms with E-state index in [0.717, 1.165) is 0 Å². The zero-order valence-corrected chi connectivity index (χ0v) is 10.4. The fourth-order valence-electron chi connectivity index (χ4n) is 1.64. The molecule has 1 N–H and O–H groups in total. The number of nitrogens with zero attached hydrogens (tertiary/aromatic N) is 1. The maximum absolute atomic E-state index is 12.1. The van der Waals surface area contributed by atoms with Gasteiger partial charge in [-0.1, -0.05) is 23.7 Å². The number of halogens is 1. The second kappa shape index (κ2) is 4.98. The number of hydrogen-bond donors (Lipinski definition) is 1. The summed E-state index contributed by atoms with van der Waals surface area (Å²) in [5.41, 5.74) is 0.350.